The molecule has 0 amide bonds. The zero-order valence-corrected chi connectivity index (χ0v) is 9.32. The Morgan fingerprint density at radius 2 is 2.33 bits per heavy atom. The maximum absolute atomic E-state index is 11.3. The highest BCUT2D eigenvalue weighted by Gasteiger charge is 2.59. The van der Waals surface area contributed by atoms with Crippen molar-refractivity contribution in [3.05, 3.63) is 0 Å². The fourth-order valence-corrected chi connectivity index (χ4v) is 2.01. The van der Waals surface area contributed by atoms with E-state index >= 15 is 0 Å². The van der Waals surface area contributed by atoms with E-state index in [-0.39, 0.29) is 17.5 Å². The third kappa shape index (κ3) is 2.78. The number of unbranched alkanes of at least 4 members (excludes halogenated alkanes) is 1. The summed E-state index contributed by atoms with van der Waals surface area (Å²) in [7, 11) is 1.39. The van der Waals surface area contributed by atoms with Crippen molar-refractivity contribution >= 4 is 12.3 Å². The molecule has 1 saturated carbocycles. The summed E-state index contributed by atoms with van der Waals surface area (Å²) < 4.78 is 10.3. The summed E-state index contributed by atoms with van der Waals surface area (Å²) in [6.07, 6.45) is 3.70. The predicted octanol–water partition coefficient (Wildman–Crippen LogP) is 1.32. The van der Waals surface area contributed by atoms with E-state index in [0.717, 1.165) is 25.5 Å². The molecule has 4 heteroatoms. The highest BCUT2D eigenvalue weighted by Crippen LogP contribution is 2.51. The van der Waals surface area contributed by atoms with Crippen LogP contribution in [0.4, 0.5) is 0 Å². The van der Waals surface area contributed by atoms with Gasteiger partial charge in [-0.2, -0.15) is 0 Å². The number of hydrogen-bond acceptors (Lipinski definition) is 4. The van der Waals surface area contributed by atoms with Crippen molar-refractivity contribution in [2.24, 2.45) is 5.92 Å². The van der Waals surface area contributed by atoms with E-state index in [4.69, 9.17) is 9.47 Å². The van der Waals surface area contributed by atoms with Crippen molar-refractivity contribution in [3.8, 4) is 0 Å². The van der Waals surface area contributed by atoms with Crippen molar-refractivity contribution in [1.29, 1.82) is 0 Å². The lowest BCUT2D eigenvalue weighted by Crippen LogP contribution is -2.22. The molecular weight excluding hydrogens is 196 g/mol. The smallest absolute Gasteiger partial charge is 0.311 e. The van der Waals surface area contributed by atoms with E-state index in [0.29, 0.717) is 13.0 Å². The number of hydrogen-bond donors (Lipinski definition) is 0. The summed E-state index contributed by atoms with van der Waals surface area (Å²) in [6, 6.07) is 0. The van der Waals surface area contributed by atoms with Crippen molar-refractivity contribution < 1.29 is 19.1 Å². The Hall–Kier alpha value is -0.900. The van der Waals surface area contributed by atoms with Crippen LogP contribution in [0.1, 0.15) is 32.6 Å². The van der Waals surface area contributed by atoms with Crippen molar-refractivity contribution in [2.75, 3.05) is 13.7 Å². The molecule has 4 nitrogen and oxygen atoms in total. The van der Waals surface area contributed by atoms with Gasteiger partial charge in [0.1, 0.15) is 6.29 Å². The fraction of sp³-hybridized carbons (Fsp3) is 0.818. The van der Waals surface area contributed by atoms with E-state index in [1.54, 1.807) is 0 Å². The molecule has 86 valence electrons. The molecule has 0 radical (unpaired) electrons. The third-order valence-electron chi connectivity index (χ3n) is 2.86. The number of methoxy groups -OCH3 is 1. The van der Waals surface area contributed by atoms with Crippen LogP contribution >= 0.6 is 0 Å². The maximum atomic E-state index is 11.3. The summed E-state index contributed by atoms with van der Waals surface area (Å²) in [6.45, 7) is 2.50. The molecule has 1 fully saturated rings. The molecule has 2 atom stereocenters. The number of ether oxygens (including phenoxy) is 2. The number of carbonyl (C=O) groups is 2. The summed E-state index contributed by atoms with van der Waals surface area (Å²) in [5.74, 6) is -0.330. The van der Waals surface area contributed by atoms with Crippen LogP contribution in [0.15, 0.2) is 0 Å². The standard InChI is InChI=1S/C11H18O4/c1-3-15-11(6-4-5-7-12)8-9(11)10(13)14-2/h7,9H,3-6,8H2,1-2H3/t9-,11-/m0/s1. The average molecular weight is 214 g/mol. The van der Waals surface area contributed by atoms with Crippen molar-refractivity contribution in [1.82, 2.24) is 0 Å². The van der Waals surface area contributed by atoms with Crippen molar-refractivity contribution in [2.45, 2.75) is 38.2 Å². The highest BCUT2D eigenvalue weighted by molar-refractivity contribution is 5.77. The normalized spacial score (nSPS) is 28.5. The van der Waals surface area contributed by atoms with Crippen LogP contribution in [0.2, 0.25) is 0 Å². The Morgan fingerprint density at radius 3 is 2.87 bits per heavy atom. The molecule has 1 aliphatic rings. The second-order valence-electron chi connectivity index (χ2n) is 3.84. The molecule has 0 unspecified atom stereocenters. The van der Waals surface area contributed by atoms with Crippen LogP contribution in [0, 0.1) is 5.92 Å². The monoisotopic (exact) mass is 214 g/mol. The first kappa shape index (κ1) is 12.2. The van der Waals surface area contributed by atoms with Gasteiger partial charge in [0.2, 0.25) is 0 Å². The van der Waals surface area contributed by atoms with Gasteiger partial charge in [0.15, 0.2) is 0 Å². The lowest BCUT2D eigenvalue weighted by Gasteiger charge is -2.16. The van der Waals surface area contributed by atoms with E-state index in [1.807, 2.05) is 6.92 Å². The molecule has 1 rings (SSSR count). The Morgan fingerprint density at radius 1 is 1.60 bits per heavy atom. The predicted molar refractivity (Wildman–Crippen MR) is 54.4 cm³/mol. The molecule has 15 heavy (non-hydrogen) atoms. The summed E-state index contributed by atoms with van der Waals surface area (Å²) >= 11 is 0. The van der Waals surface area contributed by atoms with Gasteiger partial charge in [-0.05, 0) is 26.2 Å². The molecule has 0 spiro atoms. The molecule has 0 heterocycles. The minimum atomic E-state index is -0.342. The van der Waals surface area contributed by atoms with Crippen LogP contribution in [-0.4, -0.2) is 31.6 Å². The van der Waals surface area contributed by atoms with Gasteiger partial charge < -0.3 is 14.3 Å². The largest absolute Gasteiger partial charge is 0.469 e. The van der Waals surface area contributed by atoms with Crippen LogP contribution in [0.5, 0.6) is 0 Å². The van der Waals surface area contributed by atoms with Gasteiger partial charge in [0.25, 0.3) is 0 Å². The van der Waals surface area contributed by atoms with Crippen LogP contribution in [0.25, 0.3) is 0 Å². The molecule has 1 aliphatic carbocycles. The molecule has 0 saturated heterocycles. The molecule has 0 aromatic heterocycles. The van der Waals surface area contributed by atoms with Crippen LogP contribution in [0.3, 0.4) is 0 Å². The molecule has 0 aromatic carbocycles. The minimum absolute atomic E-state index is 0.130. The van der Waals surface area contributed by atoms with Gasteiger partial charge in [-0.3, -0.25) is 4.79 Å². The summed E-state index contributed by atoms with van der Waals surface area (Å²) in [5, 5.41) is 0. The van der Waals surface area contributed by atoms with Gasteiger partial charge in [-0.25, -0.2) is 0 Å². The molecule has 0 bridgehead atoms. The lowest BCUT2D eigenvalue weighted by atomic mass is 10.1. The second-order valence-corrected chi connectivity index (χ2v) is 3.84. The number of rotatable bonds is 7. The SMILES string of the molecule is CCO[C@@]1(CCCC=O)C[C@H]1C(=O)OC. The first-order chi connectivity index (χ1) is 7.20. The maximum Gasteiger partial charge on any atom is 0.311 e. The average Bonchev–Trinajstić information content (AvgIpc) is 2.93. The molecule has 0 aromatic rings. The fourth-order valence-electron chi connectivity index (χ4n) is 2.01. The lowest BCUT2D eigenvalue weighted by molar-refractivity contribution is -0.144. The van der Waals surface area contributed by atoms with Crippen LogP contribution in [-0.2, 0) is 19.1 Å². The highest BCUT2D eigenvalue weighted by atomic mass is 16.5. The van der Waals surface area contributed by atoms with Gasteiger partial charge in [0, 0.05) is 13.0 Å². The van der Waals surface area contributed by atoms with E-state index in [1.165, 1.54) is 7.11 Å². The number of carbonyl (C=O) groups excluding carboxylic acids is 2. The topological polar surface area (TPSA) is 52.6 Å². The summed E-state index contributed by atoms with van der Waals surface area (Å²) in [5.41, 5.74) is -0.342. The van der Waals surface area contributed by atoms with Gasteiger partial charge in [0.05, 0.1) is 18.6 Å². The Balaban J connectivity index is 2.44. The molecule has 0 aliphatic heterocycles. The van der Waals surface area contributed by atoms with Gasteiger partial charge >= 0.3 is 5.97 Å². The quantitative estimate of drug-likeness (QED) is 0.364. The Bertz CT molecular complexity index is 239. The summed E-state index contributed by atoms with van der Waals surface area (Å²) in [4.78, 5) is 21.5. The number of aldehydes is 1. The van der Waals surface area contributed by atoms with Crippen molar-refractivity contribution in [3.63, 3.8) is 0 Å². The molecule has 0 N–H and O–H groups in total. The van der Waals surface area contributed by atoms with E-state index in [9.17, 15) is 9.59 Å². The van der Waals surface area contributed by atoms with Gasteiger partial charge in [-0.1, -0.05) is 0 Å². The third-order valence-corrected chi connectivity index (χ3v) is 2.86. The number of esters is 1. The van der Waals surface area contributed by atoms with Gasteiger partial charge in [-0.15, -0.1) is 0 Å². The zero-order chi connectivity index (χ0) is 11.3. The Labute approximate surface area is 89.9 Å². The minimum Gasteiger partial charge on any atom is -0.469 e. The zero-order valence-electron chi connectivity index (χ0n) is 9.32. The molecular formula is C11H18O4. The van der Waals surface area contributed by atoms with Crippen LogP contribution < -0.4 is 0 Å². The van der Waals surface area contributed by atoms with E-state index in [2.05, 4.69) is 0 Å². The second kappa shape index (κ2) is 5.26. The first-order valence-electron chi connectivity index (χ1n) is 5.35. The Kier molecular flexibility index (Phi) is 4.27. The van der Waals surface area contributed by atoms with E-state index < -0.39 is 0 Å². The first-order valence-corrected chi connectivity index (χ1v) is 5.35.